The Hall–Kier alpha value is -3.52. The second kappa shape index (κ2) is 9.02. The second-order valence-electron chi connectivity index (χ2n) is 9.85. The van der Waals surface area contributed by atoms with Crippen LogP contribution in [0.4, 0.5) is 16.3 Å². The van der Waals surface area contributed by atoms with E-state index in [1.54, 1.807) is 45.4 Å². The number of carbonyl (C=O) groups excluding carboxylic acids is 2. The fourth-order valence-corrected chi connectivity index (χ4v) is 4.23. The molecule has 0 radical (unpaired) electrons. The molecule has 4 rings (SSSR count). The molecule has 0 aliphatic heterocycles. The number of anilines is 2. The number of fused-ring (bicyclic) bond motifs is 1. The molecular weight excluding hydrogens is 432 g/mol. The number of hydrogen-bond acceptors (Lipinski definition) is 6. The number of aryl methyl sites for hydroxylation is 1. The van der Waals surface area contributed by atoms with Crippen molar-refractivity contribution < 1.29 is 19.4 Å². The lowest BCUT2D eigenvalue weighted by atomic mass is 9.99. The third-order valence-corrected chi connectivity index (χ3v) is 6.15. The van der Waals surface area contributed by atoms with Crippen LogP contribution >= 0.6 is 0 Å². The zero-order valence-corrected chi connectivity index (χ0v) is 20.0. The number of hydrogen-bond donors (Lipinski definition) is 3. The first-order valence-electron chi connectivity index (χ1n) is 11.3. The highest BCUT2D eigenvalue weighted by atomic mass is 16.6. The lowest BCUT2D eigenvalue weighted by Crippen LogP contribution is -2.27. The molecule has 1 saturated carbocycles. The Morgan fingerprint density at radius 1 is 1.15 bits per heavy atom. The summed E-state index contributed by atoms with van der Waals surface area (Å²) in [5.41, 5.74) is 2.74. The number of amides is 2. The number of aliphatic hydroxyl groups is 1. The molecule has 8 nitrogen and oxygen atoms in total. The van der Waals surface area contributed by atoms with Crippen molar-refractivity contribution in [3.05, 3.63) is 48.4 Å². The van der Waals surface area contributed by atoms with Crippen molar-refractivity contribution >= 4 is 34.3 Å². The van der Waals surface area contributed by atoms with E-state index in [1.807, 2.05) is 32.0 Å². The quantitative estimate of drug-likeness (QED) is 0.504. The molecule has 0 spiro atoms. The van der Waals surface area contributed by atoms with E-state index in [0.29, 0.717) is 16.9 Å². The number of rotatable bonds is 5. The van der Waals surface area contributed by atoms with Gasteiger partial charge in [0.25, 0.3) is 0 Å². The molecule has 2 amide bonds. The monoisotopic (exact) mass is 462 g/mol. The fraction of sp³-hybridized carbons (Fsp3) is 0.385. The van der Waals surface area contributed by atoms with Crippen molar-refractivity contribution in [2.75, 3.05) is 17.2 Å². The number of aliphatic hydroxyl groups excluding tert-OH is 1. The summed E-state index contributed by atoms with van der Waals surface area (Å²) in [6.07, 6.45) is 4.57. The first-order chi connectivity index (χ1) is 16.1. The zero-order valence-electron chi connectivity index (χ0n) is 20.0. The lowest BCUT2D eigenvalue weighted by molar-refractivity contribution is -0.118. The molecule has 2 heterocycles. The summed E-state index contributed by atoms with van der Waals surface area (Å²) in [4.78, 5) is 33.8. The van der Waals surface area contributed by atoms with Gasteiger partial charge in [0, 0.05) is 42.1 Å². The number of pyridine rings is 2. The fourth-order valence-electron chi connectivity index (χ4n) is 4.23. The Morgan fingerprint density at radius 3 is 2.56 bits per heavy atom. The highest BCUT2D eigenvalue weighted by Crippen LogP contribution is 2.46. The van der Waals surface area contributed by atoms with Gasteiger partial charge in [0.15, 0.2) is 0 Å². The van der Waals surface area contributed by atoms with Gasteiger partial charge in [-0.3, -0.25) is 15.1 Å². The van der Waals surface area contributed by atoms with Crippen LogP contribution in [-0.2, 0) is 9.53 Å². The summed E-state index contributed by atoms with van der Waals surface area (Å²) in [5.74, 6) is 0.193. The van der Waals surface area contributed by atoms with E-state index >= 15 is 0 Å². The first kappa shape index (κ1) is 23.6. The van der Waals surface area contributed by atoms with Crippen LogP contribution in [0.2, 0.25) is 0 Å². The van der Waals surface area contributed by atoms with Crippen LogP contribution in [0, 0.1) is 24.7 Å². The van der Waals surface area contributed by atoms with Gasteiger partial charge in [0.1, 0.15) is 11.4 Å². The standard InChI is InChI=1S/C26H30N4O4/c1-14-6-7-27-11-18(14)16-8-17-10-22(30-24(32)23-15(2)20(23)13-31)28-12-19(17)21(9-16)29-25(33)34-26(3,4)5/h6-12,15,20,23,31H,13H2,1-5H3,(H,29,33)(H,28,30,32)/t15?,20-,23-/m0/s1. The Balaban J connectivity index is 1.72. The van der Waals surface area contributed by atoms with Crippen LogP contribution in [0.15, 0.2) is 42.9 Å². The van der Waals surface area contributed by atoms with Gasteiger partial charge in [-0.05, 0) is 80.3 Å². The summed E-state index contributed by atoms with van der Waals surface area (Å²) in [5, 5.41) is 16.6. The maximum atomic E-state index is 12.6. The maximum Gasteiger partial charge on any atom is 0.412 e. The van der Waals surface area contributed by atoms with Crippen LogP contribution in [0.3, 0.4) is 0 Å². The molecule has 178 valence electrons. The van der Waals surface area contributed by atoms with Gasteiger partial charge in [-0.2, -0.15) is 0 Å². The van der Waals surface area contributed by atoms with E-state index in [0.717, 1.165) is 22.1 Å². The molecule has 1 aromatic carbocycles. The smallest absolute Gasteiger partial charge is 0.412 e. The van der Waals surface area contributed by atoms with E-state index in [9.17, 15) is 14.7 Å². The minimum Gasteiger partial charge on any atom is -0.444 e. The summed E-state index contributed by atoms with van der Waals surface area (Å²) >= 11 is 0. The lowest BCUT2D eigenvalue weighted by Gasteiger charge is -2.20. The number of ether oxygens (including phenoxy) is 1. The van der Waals surface area contributed by atoms with E-state index in [4.69, 9.17) is 4.74 Å². The predicted molar refractivity (Wildman–Crippen MR) is 131 cm³/mol. The molecule has 3 atom stereocenters. The van der Waals surface area contributed by atoms with Crippen LogP contribution in [0.1, 0.15) is 33.3 Å². The van der Waals surface area contributed by atoms with Crippen LogP contribution in [0.25, 0.3) is 21.9 Å². The summed E-state index contributed by atoms with van der Waals surface area (Å²) in [6, 6.07) is 7.55. The third-order valence-electron chi connectivity index (χ3n) is 6.15. The van der Waals surface area contributed by atoms with Gasteiger partial charge in [-0.15, -0.1) is 0 Å². The highest BCUT2D eigenvalue weighted by molar-refractivity contribution is 6.04. The normalized spacial score (nSPS) is 19.5. The van der Waals surface area contributed by atoms with Gasteiger partial charge < -0.3 is 15.2 Å². The average Bonchev–Trinajstić information content (AvgIpc) is 3.42. The first-order valence-corrected chi connectivity index (χ1v) is 11.3. The molecule has 1 aliphatic carbocycles. The van der Waals surface area contributed by atoms with Crippen molar-refractivity contribution in [1.29, 1.82) is 0 Å². The average molecular weight is 463 g/mol. The minimum atomic E-state index is -0.639. The van der Waals surface area contributed by atoms with E-state index in [2.05, 4.69) is 20.6 Å². The van der Waals surface area contributed by atoms with Crippen molar-refractivity contribution in [2.24, 2.45) is 17.8 Å². The molecule has 0 bridgehead atoms. The summed E-state index contributed by atoms with van der Waals surface area (Å²) in [6.45, 7) is 9.36. The molecule has 2 aromatic heterocycles. The third kappa shape index (κ3) is 5.02. The SMILES string of the molecule is Cc1ccncc1-c1cc(NC(=O)OC(C)(C)C)c2cnc(NC(=O)[C@H]3C(C)[C@@H]3CO)cc2c1. The number of nitrogens with zero attached hydrogens (tertiary/aromatic N) is 2. The number of aromatic nitrogens is 2. The van der Waals surface area contributed by atoms with Gasteiger partial charge in [0.05, 0.1) is 5.69 Å². The largest absolute Gasteiger partial charge is 0.444 e. The molecule has 34 heavy (non-hydrogen) atoms. The van der Waals surface area contributed by atoms with Gasteiger partial charge >= 0.3 is 6.09 Å². The Labute approximate surface area is 198 Å². The van der Waals surface area contributed by atoms with Crippen molar-refractivity contribution in [3.63, 3.8) is 0 Å². The molecule has 8 heteroatoms. The van der Waals surface area contributed by atoms with Crippen molar-refractivity contribution in [1.82, 2.24) is 9.97 Å². The molecule has 0 saturated heterocycles. The molecular formula is C26H30N4O4. The Kier molecular flexibility index (Phi) is 6.27. The predicted octanol–water partition coefficient (Wildman–Crippen LogP) is 4.77. The Bertz CT molecular complexity index is 1250. The van der Waals surface area contributed by atoms with E-state index < -0.39 is 11.7 Å². The van der Waals surface area contributed by atoms with Gasteiger partial charge in [0.2, 0.25) is 5.91 Å². The van der Waals surface area contributed by atoms with Crippen LogP contribution < -0.4 is 10.6 Å². The molecule has 1 aliphatic rings. The number of benzene rings is 1. The second-order valence-corrected chi connectivity index (χ2v) is 9.85. The topological polar surface area (TPSA) is 113 Å². The van der Waals surface area contributed by atoms with Crippen LogP contribution in [0.5, 0.6) is 0 Å². The molecule has 3 N–H and O–H groups in total. The highest BCUT2D eigenvalue weighted by Gasteiger charge is 2.51. The van der Waals surface area contributed by atoms with Crippen LogP contribution in [-0.4, -0.2) is 39.3 Å². The van der Waals surface area contributed by atoms with Crippen molar-refractivity contribution in [3.8, 4) is 11.1 Å². The zero-order chi connectivity index (χ0) is 24.6. The summed E-state index contributed by atoms with van der Waals surface area (Å²) < 4.78 is 5.44. The number of carbonyl (C=O) groups is 2. The molecule has 1 unspecified atom stereocenters. The number of nitrogens with one attached hydrogen (secondary N) is 2. The summed E-state index contributed by atoms with van der Waals surface area (Å²) in [7, 11) is 0. The van der Waals surface area contributed by atoms with Gasteiger partial charge in [-0.25, -0.2) is 9.78 Å². The molecule has 1 fully saturated rings. The minimum absolute atomic E-state index is 0.00206. The van der Waals surface area contributed by atoms with E-state index in [1.165, 1.54) is 0 Å². The maximum absolute atomic E-state index is 12.6. The molecule has 3 aromatic rings. The van der Waals surface area contributed by atoms with Gasteiger partial charge in [-0.1, -0.05) is 6.92 Å². The Morgan fingerprint density at radius 2 is 1.91 bits per heavy atom. The van der Waals surface area contributed by atoms with E-state index in [-0.39, 0.29) is 30.3 Å². The van der Waals surface area contributed by atoms with Crippen molar-refractivity contribution in [2.45, 2.75) is 40.2 Å².